The predicted octanol–water partition coefficient (Wildman–Crippen LogP) is 3.81. The first-order valence-corrected chi connectivity index (χ1v) is 15.6. The number of ketones is 1. The van der Waals surface area contributed by atoms with E-state index in [1.165, 1.54) is 36.4 Å². The molecular weight excluding hydrogens is 644 g/mol. The van der Waals surface area contributed by atoms with E-state index in [0.29, 0.717) is 33.9 Å². The number of aliphatic hydroxyl groups is 2. The molecule has 0 saturated carbocycles. The predicted molar refractivity (Wildman–Crippen MR) is 181 cm³/mol. The van der Waals surface area contributed by atoms with Crippen LogP contribution in [0.5, 0.6) is 0 Å². The lowest BCUT2D eigenvalue weighted by atomic mass is 9.73. The first-order chi connectivity index (χ1) is 23.4. The number of hydrogen-bond donors (Lipinski definition) is 5. The second-order valence-corrected chi connectivity index (χ2v) is 13.2. The Morgan fingerprint density at radius 1 is 0.960 bits per heavy atom. The molecule has 2 aromatic carbocycles. The summed E-state index contributed by atoms with van der Waals surface area (Å²) in [5, 5.41) is 68.1. The standard InChI is InChI=1S/C37H34N4O9/c1-36(2)24-13-19(34(47)48)5-7-26(24)40(11-9-30(42)43)28(36)15-22-32(21(17-38)18-39)23(33(22)46)16-29-37(3,4)25-14-20(35(49)50)6-8-27(25)41(29)12-10-31(44)45/h5-8,13-16,30,42-43H,9-12H2,1-4H3,(H,44,45)(H,47,48)(H,49,50). The molecule has 0 atom stereocenters. The molecule has 5 rings (SSSR count). The Morgan fingerprint density at radius 3 is 2.14 bits per heavy atom. The maximum atomic E-state index is 14.1. The van der Waals surface area contributed by atoms with Gasteiger partial charge in [-0.3, -0.25) is 9.59 Å². The van der Waals surface area contributed by atoms with Crippen molar-refractivity contribution in [1.82, 2.24) is 0 Å². The molecule has 2 aliphatic heterocycles. The Hall–Kier alpha value is -5.93. The third-order valence-electron chi connectivity index (χ3n) is 9.50. The summed E-state index contributed by atoms with van der Waals surface area (Å²) in [4.78, 5) is 51.0. The van der Waals surface area contributed by atoms with Gasteiger partial charge in [0, 0.05) is 57.8 Å². The van der Waals surface area contributed by atoms with Crippen molar-refractivity contribution in [3.63, 3.8) is 0 Å². The molecule has 13 nitrogen and oxygen atoms in total. The lowest BCUT2D eigenvalue weighted by Crippen LogP contribution is -2.33. The van der Waals surface area contributed by atoms with Gasteiger partial charge < -0.3 is 35.8 Å². The number of aliphatic hydroxyl groups excluding tert-OH is 1. The topological polar surface area (TPSA) is 222 Å². The molecule has 0 bridgehead atoms. The molecule has 0 radical (unpaired) electrons. The van der Waals surface area contributed by atoms with Crippen LogP contribution in [0.1, 0.15) is 72.4 Å². The maximum Gasteiger partial charge on any atom is 0.335 e. The number of carbonyl (C=O) groups excluding carboxylic acids is 1. The minimum Gasteiger partial charge on any atom is -0.762 e. The van der Waals surface area contributed by atoms with Crippen LogP contribution in [-0.4, -0.2) is 84.8 Å². The summed E-state index contributed by atoms with van der Waals surface area (Å²) < 4.78 is 1.75. The number of allylic oxidation sites excluding steroid dienone is 7. The molecule has 256 valence electrons. The third-order valence-corrected chi connectivity index (χ3v) is 9.50. The minimum absolute atomic E-state index is 0.00897. The van der Waals surface area contributed by atoms with E-state index in [-0.39, 0.29) is 59.4 Å². The van der Waals surface area contributed by atoms with Crippen molar-refractivity contribution in [1.29, 1.82) is 5.26 Å². The third kappa shape index (κ3) is 5.86. The van der Waals surface area contributed by atoms with Gasteiger partial charge in [-0.15, -0.1) is 0 Å². The van der Waals surface area contributed by atoms with Crippen molar-refractivity contribution in [2.45, 2.75) is 57.7 Å². The Morgan fingerprint density at radius 2 is 1.58 bits per heavy atom. The van der Waals surface area contributed by atoms with E-state index < -0.39 is 40.8 Å². The van der Waals surface area contributed by atoms with Crippen LogP contribution in [0, 0.1) is 11.3 Å². The number of fused-ring (bicyclic) bond motifs is 2. The zero-order valence-electron chi connectivity index (χ0n) is 27.7. The van der Waals surface area contributed by atoms with Crippen LogP contribution in [0.3, 0.4) is 0 Å². The molecule has 0 saturated heterocycles. The van der Waals surface area contributed by atoms with Crippen LogP contribution < -0.4 is 4.90 Å². The zero-order chi connectivity index (χ0) is 36.9. The van der Waals surface area contributed by atoms with Gasteiger partial charge in [0.1, 0.15) is 6.07 Å². The van der Waals surface area contributed by atoms with Crippen molar-refractivity contribution in [2.75, 3.05) is 18.0 Å². The maximum absolute atomic E-state index is 14.1. The van der Waals surface area contributed by atoms with Gasteiger partial charge in [0.25, 0.3) is 0 Å². The molecule has 50 heavy (non-hydrogen) atoms. The summed E-state index contributed by atoms with van der Waals surface area (Å²) in [6, 6.07) is 10.9. The fourth-order valence-electron chi connectivity index (χ4n) is 6.88. The Labute approximate surface area is 286 Å². The minimum atomic E-state index is -1.65. The molecule has 0 unspecified atom stereocenters. The number of carboxylic acid groups (broad SMARTS) is 3. The second kappa shape index (κ2) is 12.8. The number of nitrogens with zero attached hydrogens (tertiary/aromatic N) is 4. The summed E-state index contributed by atoms with van der Waals surface area (Å²) in [7, 11) is 0. The monoisotopic (exact) mass is 678 g/mol. The van der Waals surface area contributed by atoms with Crippen LogP contribution in [0.2, 0.25) is 0 Å². The van der Waals surface area contributed by atoms with Crippen molar-refractivity contribution >= 4 is 46.6 Å². The van der Waals surface area contributed by atoms with E-state index in [9.17, 15) is 55.4 Å². The normalized spacial score (nSPS) is 18.6. The van der Waals surface area contributed by atoms with Crippen LogP contribution >= 0.6 is 0 Å². The number of Topliss-reactive ketones (excluding diaryl/α,β-unsaturated/α-hetero) is 1. The SMILES string of the molecule is CC1(C)C(/C=C2\C(=O)C(/C=C3/N(CCC(=O)O)c4ccc(C(=O)O)cc4C3(C)C)=C2C(=C=[N-])C#N)=[N+](CCC(O)O)c2ccc(C(=O)O)cc21. The van der Waals surface area contributed by atoms with Gasteiger partial charge >= 0.3 is 17.9 Å². The molecule has 1 aliphatic carbocycles. The fourth-order valence-corrected chi connectivity index (χ4v) is 6.88. The molecule has 13 heteroatoms. The number of benzene rings is 2. The lowest BCUT2D eigenvalue weighted by Gasteiger charge is -2.30. The van der Waals surface area contributed by atoms with Crippen LogP contribution in [-0.2, 0) is 20.4 Å². The molecule has 0 fully saturated rings. The molecule has 3 aliphatic rings. The first kappa shape index (κ1) is 35.4. The van der Waals surface area contributed by atoms with Gasteiger partial charge in [-0.2, -0.15) is 9.84 Å². The quantitative estimate of drug-likeness (QED) is 0.0756. The Balaban J connectivity index is 1.72. The van der Waals surface area contributed by atoms with E-state index in [2.05, 4.69) is 0 Å². The van der Waals surface area contributed by atoms with Crippen molar-refractivity contribution in [2.24, 2.45) is 0 Å². The highest BCUT2D eigenvalue weighted by Crippen LogP contribution is 2.50. The van der Waals surface area contributed by atoms with E-state index in [0.717, 1.165) is 0 Å². The lowest BCUT2D eigenvalue weighted by molar-refractivity contribution is -0.442. The van der Waals surface area contributed by atoms with Crippen molar-refractivity contribution in [3.05, 3.63) is 104 Å². The van der Waals surface area contributed by atoms with Gasteiger partial charge in [0.05, 0.1) is 35.0 Å². The summed E-state index contributed by atoms with van der Waals surface area (Å²) in [6.45, 7) is 7.31. The first-order valence-electron chi connectivity index (χ1n) is 15.6. The number of hydrogen-bond acceptors (Lipinski definition) is 8. The van der Waals surface area contributed by atoms with Crippen LogP contribution in [0.4, 0.5) is 11.4 Å². The number of nitriles is 1. The van der Waals surface area contributed by atoms with Crippen LogP contribution in [0.25, 0.3) is 5.41 Å². The van der Waals surface area contributed by atoms with Gasteiger partial charge in [-0.05, 0) is 55.8 Å². The highest BCUT2D eigenvalue weighted by Gasteiger charge is 2.48. The largest absolute Gasteiger partial charge is 0.762 e. The molecule has 2 heterocycles. The fraction of sp³-hybridized carbons (Fsp3) is 0.297. The molecule has 2 aromatic rings. The van der Waals surface area contributed by atoms with Gasteiger partial charge in [-0.25, -0.2) is 15.5 Å². The zero-order valence-corrected chi connectivity index (χ0v) is 27.7. The summed E-state index contributed by atoms with van der Waals surface area (Å²) >= 11 is 0. The Bertz CT molecular complexity index is 2120. The number of anilines is 1. The highest BCUT2D eigenvalue weighted by molar-refractivity contribution is 6.27. The van der Waals surface area contributed by atoms with Gasteiger partial charge in [-0.1, -0.05) is 13.8 Å². The number of aliphatic carboxylic acids is 1. The molecule has 0 spiro atoms. The highest BCUT2D eigenvalue weighted by atomic mass is 16.5. The average molecular weight is 679 g/mol. The molecule has 0 amide bonds. The van der Waals surface area contributed by atoms with E-state index in [4.69, 9.17) is 0 Å². The number of aromatic carboxylic acids is 2. The summed E-state index contributed by atoms with van der Waals surface area (Å²) in [5.74, 6) is -2.00. The number of carboxylic acids is 3. The van der Waals surface area contributed by atoms with Crippen molar-refractivity contribution in [3.8, 4) is 6.07 Å². The Kier molecular flexibility index (Phi) is 9.08. The van der Waals surface area contributed by atoms with Crippen molar-refractivity contribution < 1.29 is 49.3 Å². The average Bonchev–Trinajstić information content (AvgIpc) is 3.40. The van der Waals surface area contributed by atoms with Crippen LogP contribution in [0.15, 0.2) is 76.5 Å². The summed E-state index contributed by atoms with van der Waals surface area (Å²) in [6.07, 6.45) is 1.04. The summed E-state index contributed by atoms with van der Waals surface area (Å²) in [5.41, 5.74) is 1.34. The van der Waals surface area contributed by atoms with Gasteiger partial charge in [0.2, 0.25) is 5.69 Å². The smallest absolute Gasteiger partial charge is 0.335 e. The van der Waals surface area contributed by atoms with Gasteiger partial charge in [0.15, 0.2) is 24.3 Å². The molecule has 0 aromatic heterocycles. The number of rotatable bonds is 11. The van der Waals surface area contributed by atoms with E-state index >= 15 is 0 Å². The van der Waals surface area contributed by atoms with E-state index in [1.807, 2.05) is 25.8 Å². The second-order valence-electron chi connectivity index (χ2n) is 13.2. The molecule has 5 N–H and O–H groups in total. The number of carbonyl (C=O) groups is 4. The molecular formula is C37H34N4O9. The van der Waals surface area contributed by atoms with E-state index in [1.54, 1.807) is 35.5 Å².